The van der Waals surface area contributed by atoms with E-state index in [1.165, 1.54) is 0 Å². The fourth-order valence-electron chi connectivity index (χ4n) is 3.31. The van der Waals surface area contributed by atoms with Gasteiger partial charge >= 0.3 is 12.3 Å². The molecule has 0 N–H and O–H groups in total. The molecule has 3 aromatic carbocycles. The minimum atomic E-state index is -0.746. The third-order valence-corrected chi connectivity index (χ3v) is 7.12. The van der Waals surface area contributed by atoms with Crippen LogP contribution in [-0.2, 0) is 20.4 Å². The third-order valence-electron chi connectivity index (χ3n) is 4.89. The van der Waals surface area contributed by atoms with Crippen LogP contribution >= 0.6 is 0 Å². The van der Waals surface area contributed by atoms with Crippen LogP contribution in [0.15, 0.2) is 87.5 Å². The highest BCUT2D eigenvalue weighted by molar-refractivity contribution is 7.97. The van der Waals surface area contributed by atoms with E-state index < -0.39 is 34.4 Å². The fraction of sp³-hybridized carbons (Fsp3) is 0.333. The summed E-state index contributed by atoms with van der Waals surface area (Å²) in [7, 11) is 3.53. The van der Waals surface area contributed by atoms with Gasteiger partial charge in [0.2, 0.25) is 0 Å². The molecule has 0 aliphatic rings. The lowest BCUT2D eigenvalue weighted by molar-refractivity contribution is 0.0193. The molecular weight excluding hydrogens is 502 g/mol. The number of carbonyl (C=O) groups is 2. The molecule has 7 nitrogen and oxygen atoms in total. The Balaban J connectivity index is 1.88. The Labute approximate surface area is 228 Å². The standard InChI is InChI=1S/C30H36NO6S/c1-29(2,3)36-27(32)34-22-11-17-25(18-12-22)38(24-15-9-21(10-16-24)31(7)8)26-19-13-23(14-20-26)35-28(33)37-30(4,5)6/h9-20H,1-8H3/q+1. The zero-order chi connectivity index (χ0) is 28.1. The zero-order valence-electron chi connectivity index (χ0n) is 23.2. The molecule has 202 valence electrons. The Morgan fingerprint density at radius 1 is 0.579 bits per heavy atom. The van der Waals surface area contributed by atoms with Gasteiger partial charge in [0.15, 0.2) is 14.7 Å². The van der Waals surface area contributed by atoms with E-state index >= 15 is 0 Å². The Morgan fingerprint density at radius 2 is 0.895 bits per heavy atom. The van der Waals surface area contributed by atoms with Gasteiger partial charge in [-0.3, -0.25) is 0 Å². The summed E-state index contributed by atoms with van der Waals surface area (Å²) in [6, 6.07) is 23.2. The molecule has 0 fully saturated rings. The lowest BCUT2D eigenvalue weighted by Crippen LogP contribution is -2.26. The highest BCUT2D eigenvalue weighted by Gasteiger charge is 2.29. The number of rotatable bonds is 6. The van der Waals surface area contributed by atoms with Crippen LogP contribution in [0.5, 0.6) is 11.5 Å². The van der Waals surface area contributed by atoms with Gasteiger partial charge in [-0.05, 0) is 114 Å². The molecule has 0 aromatic heterocycles. The molecule has 0 saturated carbocycles. The van der Waals surface area contributed by atoms with E-state index in [0.29, 0.717) is 11.5 Å². The van der Waals surface area contributed by atoms with Gasteiger partial charge in [-0.1, -0.05) is 0 Å². The maximum absolute atomic E-state index is 12.1. The van der Waals surface area contributed by atoms with Crippen LogP contribution < -0.4 is 14.4 Å². The van der Waals surface area contributed by atoms with Crippen molar-refractivity contribution in [2.24, 2.45) is 0 Å². The quantitative estimate of drug-likeness (QED) is 0.183. The predicted octanol–water partition coefficient (Wildman–Crippen LogP) is 7.48. The first-order valence-electron chi connectivity index (χ1n) is 12.2. The summed E-state index contributed by atoms with van der Waals surface area (Å²) in [6.45, 7) is 10.7. The maximum atomic E-state index is 12.1. The molecule has 0 spiro atoms. The van der Waals surface area contributed by atoms with Crippen LogP contribution in [0.4, 0.5) is 15.3 Å². The average molecular weight is 539 g/mol. The number of ether oxygens (including phenoxy) is 4. The van der Waals surface area contributed by atoms with Gasteiger partial charge in [-0.2, -0.15) is 0 Å². The molecule has 0 bridgehead atoms. The Morgan fingerprint density at radius 3 is 1.18 bits per heavy atom. The first-order chi connectivity index (χ1) is 17.7. The minimum Gasteiger partial charge on any atom is -0.428 e. The van der Waals surface area contributed by atoms with Gasteiger partial charge in [-0.15, -0.1) is 0 Å². The number of hydrogen-bond donors (Lipinski definition) is 0. The van der Waals surface area contributed by atoms with Gasteiger partial charge < -0.3 is 23.8 Å². The van der Waals surface area contributed by atoms with Crippen LogP contribution in [-0.4, -0.2) is 37.6 Å². The summed E-state index contributed by atoms with van der Waals surface area (Å²) in [6.07, 6.45) is -1.49. The first-order valence-corrected chi connectivity index (χ1v) is 13.5. The summed E-state index contributed by atoms with van der Waals surface area (Å²) in [5.41, 5.74) is -0.178. The number of anilines is 1. The largest absolute Gasteiger partial charge is 0.514 e. The highest BCUT2D eigenvalue weighted by Crippen LogP contribution is 2.34. The van der Waals surface area contributed by atoms with E-state index in [4.69, 9.17) is 18.9 Å². The van der Waals surface area contributed by atoms with Gasteiger partial charge in [-0.25, -0.2) is 9.59 Å². The van der Waals surface area contributed by atoms with E-state index in [2.05, 4.69) is 24.3 Å². The summed E-state index contributed by atoms with van der Waals surface area (Å²) in [5, 5.41) is 0. The molecule has 38 heavy (non-hydrogen) atoms. The summed E-state index contributed by atoms with van der Waals surface area (Å²) in [5.74, 6) is 0.797. The van der Waals surface area contributed by atoms with Crippen molar-refractivity contribution in [2.75, 3.05) is 19.0 Å². The van der Waals surface area contributed by atoms with Gasteiger partial charge in [0.25, 0.3) is 0 Å². The number of carbonyl (C=O) groups excluding carboxylic acids is 2. The van der Waals surface area contributed by atoms with Gasteiger partial charge in [0.05, 0.1) is 10.9 Å². The molecule has 0 aliphatic carbocycles. The molecule has 3 aromatic rings. The van der Waals surface area contributed by atoms with Crippen molar-refractivity contribution in [2.45, 2.75) is 67.4 Å². The van der Waals surface area contributed by atoms with Crippen molar-refractivity contribution in [1.29, 1.82) is 0 Å². The molecule has 8 heteroatoms. The van der Waals surface area contributed by atoms with Gasteiger partial charge in [0, 0.05) is 19.8 Å². The molecule has 0 unspecified atom stereocenters. The molecule has 0 atom stereocenters. The number of nitrogens with zero attached hydrogens (tertiary/aromatic N) is 1. The Kier molecular flexibility index (Phi) is 8.99. The smallest absolute Gasteiger partial charge is 0.428 e. The molecule has 0 radical (unpaired) electrons. The molecule has 3 rings (SSSR count). The van der Waals surface area contributed by atoms with Crippen LogP contribution in [0.25, 0.3) is 0 Å². The van der Waals surface area contributed by atoms with Crippen molar-refractivity contribution in [1.82, 2.24) is 0 Å². The molecule has 0 heterocycles. The lowest BCUT2D eigenvalue weighted by Gasteiger charge is -2.18. The fourth-order valence-corrected chi connectivity index (χ4v) is 5.35. The van der Waals surface area contributed by atoms with Crippen LogP contribution in [0, 0.1) is 0 Å². The second-order valence-corrected chi connectivity index (χ2v) is 12.8. The zero-order valence-corrected chi connectivity index (χ0v) is 24.0. The van der Waals surface area contributed by atoms with Crippen LogP contribution in [0.1, 0.15) is 41.5 Å². The normalized spacial score (nSPS) is 11.6. The second-order valence-electron chi connectivity index (χ2n) is 10.8. The van der Waals surface area contributed by atoms with Crippen LogP contribution in [0.2, 0.25) is 0 Å². The molecule has 0 aliphatic heterocycles. The number of hydrogen-bond acceptors (Lipinski definition) is 7. The highest BCUT2D eigenvalue weighted by atomic mass is 32.2. The van der Waals surface area contributed by atoms with Crippen LogP contribution in [0.3, 0.4) is 0 Å². The lowest BCUT2D eigenvalue weighted by atomic mass is 10.2. The minimum absolute atomic E-state index is 0.399. The second kappa shape index (κ2) is 11.8. The topological polar surface area (TPSA) is 74.3 Å². The van der Waals surface area contributed by atoms with Crippen molar-refractivity contribution < 1.29 is 28.5 Å². The molecule has 0 saturated heterocycles. The maximum Gasteiger partial charge on any atom is 0.514 e. The van der Waals surface area contributed by atoms with E-state index in [-0.39, 0.29) is 0 Å². The van der Waals surface area contributed by atoms with Crippen molar-refractivity contribution >= 4 is 28.9 Å². The summed E-state index contributed by atoms with van der Waals surface area (Å²) >= 11 is 0. The van der Waals surface area contributed by atoms with Crippen molar-refractivity contribution in [3.05, 3.63) is 72.8 Å². The molecule has 0 amide bonds. The monoisotopic (exact) mass is 538 g/mol. The third kappa shape index (κ3) is 8.73. The van der Waals surface area contributed by atoms with Crippen molar-refractivity contribution in [3.63, 3.8) is 0 Å². The summed E-state index contributed by atoms with van der Waals surface area (Å²) in [4.78, 5) is 29.4. The molecular formula is C30H36NO6S+. The van der Waals surface area contributed by atoms with E-state index in [9.17, 15) is 9.59 Å². The summed E-state index contributed by atoms with van der Waals surface area (Å²) < 4.78 is 21.2. The van der Waals surface area contributed by atoms with E-state index in [1.807, 2.05) is 43.3 Å². The SMILES string of the molecule is CN(C)c1ccc([S+](c2ccc(OC(=O)OC(C)(C)C)cc2)c2ccc(OC(=O)OC(C)(C)C)cc2)cc1. The van der Waals surface area contributed by atoms with E-state index in [0.717, 1.165) is 20.4 Å². The Bertz CT molecular complexity index is 1150. The predicted molar refractivity (Wildman–Crippen MR) is 150 cm³/mol. The van der Waals surface area contributed by atoms with E-state index in [1.54, 1.807) is 65.8 Å². The Hall–Kier alpha value is -3.65. The average Bonchev–Trinajstić information content (AvgIpc) is 2.79. The van der Waals surface area contributed by atoms with Crippen molar-refractivity contribution in [3.8, 4) is 11.5 Å². The number of benzene rings is 3. The first kappa shape index (κ1) is 28.9. The van der Waals surface area contributed by atoms with Gasteiger partial charge in [0.1, 0.15) is 22.7 Å².